The first-order chi connectivity index (χ1) is 20.1. The Kier molecular flexibility index (Phi) is 9.93. The summed E-state index contributed by atoms with van der Waals surface area (Å²) in [5, 5.41) is 6.31. The molecule has 1 aliphatic carbocycles. The molecule has 4 rings (SSSR count). The Balaban J connectivity index is 1.69. The predicted molar refractivity (Wildman–Crippen MR) is 159 cm³/mol. The Morgan fingerprint density at radius 3 is 2.36 bits per heavy atom. The van der Waals surface area contributed by atoms with Crippen molar-refractivity contribution in [1.82, 2.24) is 15.8 Å². The van der Waals surface area contributed by atoms with E-state index in [9.17, 15) is 18.4 Å². The number of unbranched alkanes of at least 4 members (excludes halogenated alkanes) is 1. The molecule has 0 radical (unpaired) electrons. The van der Waals surface area contributed by atoms with Gasteiger partial charge in [-0.15, -0.1) is 0 Å². The van der Waals surface area contributed by atoms with E-state index in [2.05, 4.69) is 36.7 Å². The predicted octanol–water partition coefficient (Wildman–Crippen LogP) is 4.54. The van der Waals surface area contributed by atoms with E-state index >= 15 is 0 Å². The summed E-state index contributed by atoms with van der Waals surface area (Å²) in [6, 6.07) is 9.95. The summed E-state index contributed by atoms with van der Waals surface area (Å²) in [5.41, 5.74) is 8.49. The number of benzene rings is 2. The molecule has 2 aliphatic rings. The summed E-state index contributed by atoms with van der Waals surface area (Å²) in [6.45, 7) is 6.53. The van der Waals surface area contributed by atoms with Crippen LogP contribution in [0.1, 0.15) is 93.2 Å². The monoisotopic (exact) mass is 581 g/mol. The number of carbonyl (C=O) groups is 2. The van der Waals surface area contributed by atoms with Crippen LogP contribution in [-0.4, -0.2) is 40.5 Å². The van der Waals surface area contributed by atoms with Crippen molar-refractivity contribution in [2.24, 2.45) is 33.5 Å². The molecule has 1 fully saturated rings. The van der Waals surface area contributed by atoms with E-state index in [1.165, 1.54) is 12.1 Å². The molecule has 1 spiro atoms. The fraction of sp³-hybridized carbons (Fsp3) is 0.484. The summed E-state index contributed by atoms with van der Waals surface area (Å²) < 4.78 is 28.5. The number of carbonyl (C=O) groups excluding carboxylic acids is 2. The van der Waals surface area contributed by atoms with Crippen molar-refractivity contribution in [2.75, 3.05) is 6.54 Å². The van der Waals surface area contributed by atoms with Crippen molar-refractivity contribution in [3.05, 3.63) is 70.8 Å². The summed E-state index contributed by atoms with van der Waals surface area (Å²) in [7, 11) is 0. The minimum atomic E-state index is -0.803. The molecule has 0 saturated heterocycles. The minimum absolute atomic E-state index is 0.0207. The van der Waals surface area contributed by atoms with E-state index in [0.717, 1.165) is 37.3 Å². The molecule has 1 aliphatic heterocycles. The van der Waals surface area contributed by atoms with Crippen LogP contribution in [0.15, 0.2) is 52.6 Å². The number of nitrogens with one attached hydrogen (secondary N) is 2. The quantitative estimate of drug-likeness (QED) is 0.134. The number of amides is 2. The molecule has 226 valence electrons. The molecule has 11 heteroatoms. The van der Waals surface area contributed by atoms with Crippen LogP contribution in [0.5, 0.6) is 0 Å². The van der Waals surface area contributed by atoms with E-state index in [0.29, 0.717) is 36.7 Å². The van der Waals surface area contributed by atoms with Crippen molar-refractivity contribution >= 4 is 23.4 Å². The Hall–Kier alpha value is -3.86. The van der Waals surface area contributed by atoms with Gasteiger partial charge in [-0.25, -0.2) is 20.2 Å². The molecule has 1 atom stereocenters. The minimum Gasteiger partial charge on any atom is -0.384 e. The van der Waals surface area contributed by atoms with Gasteiger partial charge in [0.2, 0.25) is 0 Å². The number of hydrazone groups is 1. The van der Waals surface area contributed by atoms with Crippen LogP contribution in [-0.2, 0) is 4.79 Å². The average molecular weight is 582 g/mol. The second kappa shape index (κ2) is 13.4. The van der Waals surface area contributed by atoms with Crippen LogP contribution in [0.3, 0.4) is 0 Å². The number of hydrazine groups is 1. The lowest BCUT2D eigenvalue weighted by molar-refractivity contribution is -0.133. The van der Waals surface area contributed by atoms with Gasteiger partial charge in [0.15, 0.2) is 0 Å². The van der Waals surface area contributed by atoms with Gasteiger partial charge in [0, 0.05) is 17.2 Å². The molecule has 0 bridgehead atoms. The lowest BCUT2D eigenvalue weighted by Gasteiger charge is -2.46. The molecular weight excluding hydrogens is 540 g/mol. The fourth-order valence-electron chi connectivity index (χ4n) is 6.14. The number of amidine groups is 1. The van der Waals surface area contributed by atoms with E-state index in [4.69, 9.17) is 16.6 Å². The van der Waals surface area contributed by atoms with E-state index in [1.54, 1.807) is 12.1 Å². The maximum atomic E-state index is 14.2. The molecule has 42 heavy (non-hydrogen) atoms. The van der Waals surface area contributed by atoms with Crippen molar-refractivity contribution in [3.63, 3.8) is 0 Å². The third-order valence-electron chi connectivity index (χ3n) is 8.44. The molecule has 2 amide bonds. The normalized spacial score (nSPS) is 21.5. The summed E-state index contributed by atoms with van der Waals surface area (Å²) in [5.74, 6) is 4.11. The lowest BCUT2D eigenvalue weighted by Crippen LogP contribution is -2.51. The molecule has 9 nitrogen and oxygen atoms in total. The average Bonchev–Trinajstić information content (AvgIpc) is 3.23. The topological polar surface area (TPSA) is 138 Å². The fourth-order valence-corrected chi connectivity index (χ4v) is 6.14. The smallest absolute Gasteiger partial charge is 0.275 e. The first-order valence-corrected chi connectivity index (χ1v) is 14.6. The Bertz CT molecular complexity index is 1320. The zero-order chi connectivity index (χ0) is 30.4. The van der Waals surface area contributed by atoms with E-state index in [1.807, 2.05) is 17.0 Å². The highest BCUT2D eigenvalue weighted by Crippen LogP contribution is 2.48. The van der Waals surface area contributed by atoms with Crippen LogP contribution in [0.4, 0.5) is 8.78 Å². The summed E-state index contributed by atoms with van der Waals surface area (Å²) in [4.78, 5) is 33.8. The Morgan fingerprint density at radius 2 is 1.79 bits per heavy atom. The Morgan fingerprint density at radius 1 is 1.14 bits per heavy atom. The van der Waals surface area contributed by atoms with Crippen molar-refractivity contribution in [3.8, 4) is 0 Å². The maximum absolute atomic E-state index is 14.2. The molecule has 1 heterocycles. The van der Waals surface area contributed by atoms with Crippen molar-refractivity contribution in [2.45, 2.75) is 77.4 Å². The maximum Gasteiger partial charge on any atom is 0.275 e. The molecule has 0 aromatic heterocycles. The van der Waals surface area contributed by atoms with Gasteiger partial charge in [0.05, 0.1) is 12.6 Å². The lowest BCUT2D eigenvalue weighted by atomic mass is 9.76. The summed E-state index contributed by atoms with van der Waals surface area (Å²) >= 11 is 0. The number of hydrogen-bond donors (Lipinski definition) is 4. The van der Waals surface area contributed by atoms with E-state index < -0.39 is 17.3 Å². The molecule has 2 aromatic rings. The highest BCUT2D eigenvalue weighted by atomic mass is 19.1. The van der Waals surface area contributed by atoms with Gasteiger partial charge < -0.3 is 16.0 Å². The second-order valence-corrected chi connectivity index (χ2v) is 11.6. The molecule has 1 unspecified atom stereocenters. The van der Waals surface area contributed by atoms with Gasteiger partial charge in [-0.3, -0.25) is 14.6 Å². The summed E-state index contributed by atoms with van der Waals surface area (Å²) in [6.07, 6.45) is 5.62. The number of halogens is 2. The first kappa shape index (κ1) is 31.1. The van der Waals surface area contributed by atoms with Gasteiger partial charge in [-0.2, -0.15) is 5.10 Å². The van der Waals surface area contributed by atoms with Gasteiger partial charge in [-0.1, -0.05) is 45.7 Å². The van der Waals surface area contributed by atoms with Crippen molar-refractivity contribution in [1.29, 1.82) is 0 Å². The molecule has 2 aromatic carbocycles. The van der Waals surface area contributed by atoms with E-state index in [-0.39, 0.29) is 41.5 Å². The van der Waals surface area contributed by atoms with Crippen LogP contribution in [0.25, 0.3) is 0 Å². The van der Waals surface area contributed by atoms with Crippen LogP contribution < -0.4 is 22.4 Å². The van der Waals surface area contributed by atoms with Crippen LogP contribution in [0.2, 0.25) is 0 Å². The standard InChI is InChI=1S/C31H41F2N7O2/c1-4-5-6-26(21-7-9-22(10-8-21)29(41)36-18-27(34)38-39-35)40-30(42)28(23-15-24(32)17-25(33)16-23)37-31(40)13-11-20(12-14-31)19(2)3/h7-10,15-17,19-20,26,39H,4-6,11-14,18,35H2,1-3H3,(H2,34,38)(H,36,41). The number of rotatable bonds is 11. The molecular formula is C31H41F2N7O2. The SMILES string of the molecule is CCCCC(c1ccc(C(=O)NCC(N)=NNN)cc1)N1C(=O)C(c2cc(F)cc(F)c2)=NC12CCC(C(C)C)CC2. The second-order valence-electron chi connectivity index (χ2n) is 11.6. The van der Waals surface area contributed by atoms with Gasteiger partial charge >= 0.3 is 0 Å². The first-order valence-electron chi connectivity index (χ1n) is 14.6. The highest BCUT2D eigenvalue weighted by molar-refractivity contribution is 6.46. The Labute approximate surface area is 245 Å². The molecule has 6 N–H and O–H groups in total. The number of nitrogens with two attached hydrogens (primary N) is 2. The zero-order valence-electron chi connectivity index (χ0n) is 24.5. The highest BCUT2D eigenvalue weighted by Gasteiger charge is 2.52. The number of nitrogens with zero attached hydrogens (tertiary/aromatic N) is 3. The number of hydrogen-bond acceptors (Lipinski definition) is 6. The number of aliphatic imine (C=N–C) groups is 1. The molecule has 1 saturated carbocycles. The third kappa shape index (κ3) is 6.78. The van der Waals surface area contributed by atoms with Gasteiger partial charge in [0.25, 0.3) is 11.8 Å². The van der Waals surface area contributed by atoms with Gasteiger partial charge in [-0.05, 0) is 73.8 Å². The van der Waals surface area contributed by atoms with Gasteiger partial charge in [0.1, 0.15) is 28.8 Å². The zero-order valence-corrected chi connectivity index (χ0v) is 24.5. The van der Waals surface area contributed by atoms with Crippen LogP contribution >= 0.6 is 0 Å². The van der Waals surface area contributed by atoms with Crippen molar-refractivity contribution < 1.29 is 18.4 Å². The third-order valence-corrected chi connectivity index (χ3v) is 8.44. The largest absolute Gasteiger partial charge is 0.384 e. The van der Waals surface area contributed by atoms with Crippen LogP contribution in [0, 0.1) is 23.5 Å².